The van der Waals surface area contributed by atoms with Gasteiger partial charge in [-0.05, 0) is 49.4 Å². The Labute approximate surface area is 148 Å². The van der Waals surface area contributed by atoms with E-state index in [1.807, 2.05) is 23.1 Å². The molecule has 2 fully saturated rings. The van der Waals surface area contributed by atoms with Crippen LogP contribution in [0.25, 0.3) is 0 Å². The minimum atomic E-state index is 0. The van der Waals surface area contributed by atoms with Crippen molar-refractivity contribution in [2.75, 3.05) is 24.5 Å². The van der Waals surface area contributed by atoms with Crippen LogP contribution in [0.4, 0.5) is 5.69 Å². The molecule has 1 aromatic carbocycles. The van der Waals surface area contributed by atoms with E-state index in [2.05, 4.69) is 5.32 Å². The summed E-state index contributed by atoms with van der Waals surface area (Å²) in [4.78, 5) is 28.3. The van der Waals surface area contributed by atoms with Crippen molar-refractivity contribution >= 4 is 29.9 Å². The average molecular weight is 350 g/mol. The van der Waals surface area contributed by atoms with Gasteiger partial charge in [-0.15, -0.1) is 12.4 Å². The molecular formula is C18H24ClN3O2. The largest absolute Gasteiger partial charge is 0.337 e. The second kappa shape index (κ2) is 6.73. The van der Waals surface area contributed by atoms with Crippen LogP contribution >= 0.6 is 12.4 Å². The topological polar surface area (TPSA) is 52.7 Å². The number of benzene rings is 1. The number of fused-ring (bicyclic) bond motifs is 3. The molecule has 2 saturated heterocycles. The summed E-state index contributed by atoms with van der Waals surface area (Å²) >= 11 is 0. The third-order valence-electron chi connectivity index (χ3n) is 5.41. The third-order valence-corrected chi connectivity index (χ3v) is 5.41. The summed E-state index contributed by atoms with van der Waals surface area (Å²) in [6.45, 7) is 3.96. The number of nitrogens with zero attached hydrogens (tertiary/aromatic N) is 2. The number of hydrogen-bond donors (Lipinski definition) is 1. The van der Waals surface area contributed by atoms with E-state index in [9.17, 15) is 9.59 Å². The van der Waals surface area contributed by atoms with Gasteiger partial charge in [0.15, 0.2) is 0 Å². The van der Waals surface area contributed by atoms with E-state index < -0.39 is 0 Å². The van der Waals surface area contributed by atoms with Gasteiger partial charge < -0.3 is 15.1 Å². The van der Waals surface area contributed by atoms with Gasteiger partial charge in [0.1, 0.15) is 0 Å². The second-order valence-electron chi connectivity index (χ2n) is 6.94. The van der Waals surface area contributed by atoms with Crippen molar-refractivity contribution in [2.45, 2.75) is 44.7 Å². The summed E-state index contributed by atoms with van der Waals surface area (Å²) in [5.41, 5.74) is 2.83. The van der Waals surface area contributed by atoms with Crippen molar-refractivity contribution in [2.24, 2.45) is 0 Å². The summed E-state index contributed by atoms with van der Waals surface area (Å²) in [5, 5.41) is 3.61. The minimum Gasteiger partial charge on any atom is -0.337 e. The Morgan fingerprint density at radius 2 is 1.92 bits per heavy atom. The molecule has 1 N–H and O–H groups in total. The molecule has 2 bridgehead atoms. The van der Waals surface area contributed by atoms with E-state index in [1.165, 1.54) is 12.8 Å². The average Bonchev–Trinajstić information content (AvgIpc) is 3.09. The third kappa shape index (κ3) is 3.03. The SMILES string of the molecule is CC(=O)N1CCc2cc(C(=O)N3CCC4CCC(C3)N4)ccc21.Cl. The fraction of sp³-hybridized carbons (Fsp3) is 0.556. The lowest BCUT2D eigenvalue weighted by atomic mass is 10.0. The molecule has 1 aromatic rings. The molecule has 130 valence electrons. The van der Waals surface area contributed by atoms with E-state index in [1.54, 1.807) is 11.8 Å². The normalized spacial score (nSPS) is 25.0. The highest BCUT2D eigenvalue weighted by Gasteiger charge is 2.32. The van der Waals surface area contributed by atoms with Crippen molar-refractivity contribution < 1.29 is 9.59 Å². The number of amides is 2. The van der Waals surface area contributed by atoms with Gasteiger partial charge in [0.25, 0.3) is 5.91 Å². The molecule has 2 atom stereocenters. The Balaban J connectivity index is 0.00000169. The molecule has 2 unspecified atom stereocenters. The molecule has 6 heteroatoms. The number of halogens is 1. The standard InChI is InChI=1S/C18H23N3O2.ClH/c1-12(22)21-9-6-13-10-14(2-5-17(13)21)18(23)20-8-7-15-3-4-16(11-20)19-15;/h2,5,10,15-16,19H,3-4,6-9,11H2,1H3;1H. The number of carbonyl (C=O) groups is 2. The molecule has 3 heterocycles. The summed E-state index contributed by atoms with van der Waals surface area (Å²) < 4.78 is 0. The maximum Gasteiger partial charge on any atom is 0.253 e. The zero-order valence-electron chi connectivity index (χ0n) is 14.0. The molecule has 24 heavy (non-hydrogen) atoms. The molecule has 0 spiro atoms. The molecule has 3 aliphatic rings. The molecule has 0 aliphatic carbocycles. The molecule has 5 nitrogen and oxygen atoms in total. The van der Waals surface area contributed by atoms with Crippen LogP contribution in [0, 0.1) is 0 Å². The van der Waals surface area contributed by atoms with Gasteiger partial charge in [-0.2, -0.15) is 0 Å². The highest BCUT2D eigenvalue weighted by atomic mass is 35.5. The predicted molar refractivity (Wildman–Crippen MR) is 95.9 cm³/mol. The summed E-state index contributed by atoms with van der Waals surface area (Å²) in [6, 6.07) is 6.83. The van der Waals surface area contributed by atoms with Crippen LogP contribution in [0.1, 0.15) is 42.1 Å². The van der Waals surface area contributed by atoms with Crippen LogP contribution in [0.5, 0.6) is 0 Å². The maximum atomic E-state index is 12.9. The van der Waals surface area contributed by atoms with Crippen molar-refractivity contribution in [3.8, 4) is 0 Å². The quantitative estimate of drug-likeness (QED) is 0.843. The number of anilines is 1. The van der Waals surface area contributed by atoms with Crippen LogP contribution < -0.4 is 10.2 Å². The lowest BCUT2D eigenvalue weighted by Gasteiger charge is -2.24. The number of likely N-dealkylation sites (tertiary alicyclic amines) is 1. The highest BCUT2D eigenvalue weighted by molar-refractivity contribution is 5.98. The molecule has 4 rings (SSSR count). The molecule has 2 amide bonds. The van der Waals surface area contributed by atoms with E-state index in [0.29, 0.717) is 12.1 Å². The first-order valence-electron chi connectivity index (χ1n) is 8.58. The zero-order chi connectivity index (χ0) is 16.0. The van der Waals surface area contributed by atoms with Crippen LogP contribution in [-0.4, -0.2) is 48.4 Å². The smallest absolute Gasteiger partial charge is 0.253 e. The van der Waals surface area contributed by atoms with Crippen LogP contribution in [0.2, 0.25) is 0 Å². The van der Waals surface area contributed by atoms with Crippen molar-refractivity contribution in [3.63, 3.8) is 0 Å². The minimum absolute atomic E-state index is 0. The van der Waals surface area contributed by atoms with Gasteiger partial charge in [-0.25, -0.2) is 0 Å². The van der Waals surface area contributed by atoms with E-state index in [4.69, 9.17) is 0 Å². The van der Waals surface area contributed by atoms with Gasteiger partial charge in [-0.3, -0.25) is 9.59 Å². The van der Waals surface area contributed by atoms with Crippen LogP contribution in [0.3, 0.4) is 0 Å². The molecule has 0 aromatic heterocycles. The predicted octanol–water partition coefficient (Wildman–Crippen LogP) is 1.98. The van der Waals surface area contributed by atoms with E-state index in [-0.39, 0.29) is 24.2 Å². The highest BCUT2D eigenvalue weighted by Crippen LogP contribution is 2.30. The summed E-state index contributed by atoms with van der Waals surface area (Å²) in [6.07, 6.45) is 4.30. The monoisotopic (exact) mass is 349 g/mol. The maximum absolute atomic E-state index is 12.9. The van der Waals surface area contributed by atoms with Gasteiger partial charge in [0.05, 0.1) is 0 Å². The van der Waals surface area contributed by atoms with Gasteiger partial charge >= 0.3 is 0 Å². The lowest BCUT2D eigenvalue weighted by molar-refractivity contribution is -0.116. The molecular weight excluding hydrogens is 326 g/mol. The first-order valence-corrected chi connectivity index (χ1v) is 8.58. The molecule has 0 saturated carbocycles. The molecule has 3 aliphatic heterocycles. The zero-order valence-corrected chi connectivity index (χ0v) is 14.8. The molecule has 0 radical (unpaired) electrons. The Morgan fingerprint density at radius 1 is 1.12 bits per heavy atom. The Kier molecular flexibility index (Phi) is 4.83. The Hall–Kier alpha value is -1.59. The number of nitrogens with one attached hydrogen (secondary N) is 1. The first kappa shape index (κ1) is 17.2. The Bertz CT molecular complexity index is 664. The first-order chi connectivity index (χ1) is 11.1. The number of carbonyl (C=O) groups excluding carboxylic acids is 2. The van der Waals surface area contributed by atoms with Crippen LogP contribution in [-0.2, 0) is 11.2 Å². The van der Waals surface area contributed by atoms with Gasteiger partial charge in [-0.1, -0.05) is 0 Å². The Morgan fingerprint density at radius 3 is 2.71 bits per heavy atom. The number of rotatable bonds is 1. The van der Waals surface area contributed by atoms with Gasteiger partial charge in [0.2, 0.25) is 5.91 Å². The van der Waals surface area contributed by atoms with E-state index in [0.717, 1.165) is 49.3 Å². The second-order valence-corrected chi connectivity index (χ2v) is 6.94. The van der Waals surface area contributed by atoms with Crippen molar-refractivity contribution in [1.82, 2.24) is 10.2 Å². The summed E-state index contributed by atoms with van der Waals surface area (Å²) in [5.74, 6) is 0.195. The van der Waals surface area contributed by atoms with Crippen molar-refractivity contribution in [3.05, 3.63) is 29.3 Å². The van der Waals surface area contributed by atoms with Gasteiger partial charge in [0, 0.05) is 49.9 Å². The van der Waals surface area contributed by atoms with Crippen LogP contribution in [0.15, 0.2) is 18.2 Å². The lowest BCUT2D eigenvalue weighted by Crippen LogP contribution is -2.39. The fourth-order valence-electron chi connectivity index (χ4n) is 4.17. The summed E-state index contributed by atoms with van der Waals surface area (Å²) in [7, 11) is 0. The fourth-order valence-corrected chi connectivity index (χ4v) is 4.17. The van der Waals surface area contributed by atoms with Crippen molar-refractivity contribution in [1.29, 1.82) is 0 Å². The number of hydrogen-bond acceptors (Lipinski definition) is 3. The van der Waals surface area contributed by atoms with E-state index >= 15 is 0 Å².